The molecule has 0 aliphatic rings. The number of phosphoric acid groups is 1. The van der Waals surface area contributed by atoms with Crippen LogP contribution in [0.4, 0.5) is 0 Å². The first-order chi connectivity index (χ1) is 6.23. The molecule has 0 aliphatic carbocycles. The van der Waals surface area contributed by atoms with E-state index in [0.29, 0.717) is 0 Å². The maximum Gasteiger partial charge on any atom is 0.466 e. The lowest BCUT2D eigenvalue weighted by molar-refractivity contribution is -0.115. The summed E-state index contributed by atoms with van der Waals surface area (Å²) in [5.74, 6) is 0.167. The minimum Gasteiger partial charge on any atom is -0.351 e. The summed E-state index contributed by atoms with van der Waals surface area (Å²) >= 11 is 0. The van der Waals surface area contributed by atoms with Gasteiger partial charge in [-0.15, -0.1) is 0 Å². The number of carbonyl (C=O) groups is 1. The van der Waals surface area contributed by atoms with E-state index >= 15 is 0 Å². The first-order valence-electron chi connectivity index (χ1n) is 3.41. The van der Waals surface area contributed by atoms with Crippen molar-refractivity contribution in [3.05, 3.63) is 18.7 Å². The second-order valence-electron chi connectivity index (χ2n) is 2.18. The molecule has 8 heteroatoms. The monoisotopic (exact) mass is 224 g/mol. The zero-order valence-electron chi connectivity index (χ0n) is 7.78. The lowest BCUT2D eigenvalue weighted by atomic mass is 10.6. The molecule has 0 fully saturated rings. The van der Waals surface area contributed by atoms with Crippen LogP contribution in [0.15, 0.2) is 18.7 Å². The van der Waals surface area contributed by atoms with E-state index in [1.807, 2.05) is 0 Å². The molecule has 1 rings (SSSR count). The standard InChI is InChI=1S/C3H4N2.C3H6O.H3O4P/c1-2-5-3-4-1;1-3(2)4;1-5(2,3)4/h1-3H,(H,4,5);1-2H3;(H3,1,2,3,4). The second-order valence-corrected chi connectivity index (χ2v) is 3.21. The van der Waals surface area contributed by atoms with Crippen molar-refractivity contribution in [1.29, 1.82) is 0 Å². The van der Waals surface area contributed by atoms with Crippen molar-refractivity contribution in [1.82, 2.24) is 9.97 Å². The summed E-state index contributed by atoms with van der Waals surface area (Å²) in [5.41, 5.74) is 0. The molecule has 1 heterocycles. The Morgan fingerprint density at radius 2 is 1.71 bits per heavy atom. The number of hydrogen-bond donors (Lipinski definition) is 4. The van der Waals surface area contributed by atoms with Crippen molar-refractivity contribution in [3.8, 4) is 0 Å². The Bertz CT molecular complexity index is 238. The van der Waals surface area contributed by atoms with Crippen molar-refractivity contribution in [2.45, 2.75) is 13.8 Å². The van der Waals surface area contributed by atoms with Gasteiger partial charge in [-0.05, 0) is 13.8 Å². The Labute approximate surface area is 81.1 Å². The normalized spacial score (nSPS) is 8.93. The van der Waals surface area contributed by atoms with Crippen LogP contribution in [0, 0.1) is 0 Å². The number of nitrogens with zero attached hydrogens (tertiary/aromatic N) is 1. The molecule has 0 aromatic carbocycles. The molecule has 7 nitrogen and oxygen atoms in total. The molecule has 0 saturated heterocycles. The van der Waals surface area contributed by atoms with E-state index < -0.39 is 7.82 Å². The average molecular weight is 224 g/mol. The third-order valence-corrected chi connectivity index (χ3v) is 0.406. The minimum absolute atomic E-state index is 0.167. The fourth-order valence-electron chi connectivity index (χ4n) is 0.215. The second kappa shape index (κ2) is 8.58. The lowest BCUT2D eigenvalue weighted by Gasteiger charge is -1.82. The topological polar surface area (TPSA) is 124 Å². The van der Waals surface area contributed by atoms with Crippen LogP contribution >= 0.6 is 7.82 Å². The summed E-state index contributed by atoms with van der Waals surface area (Å²) < 4.78 is 8.88. The van der Waals surface area contributed by atoms with Gasteiger partial charge in [-0.25, -0.2) is 9.55 Å². The number of rotatable bonds is 0. The molecule has 0 radical (unpaired) electrons. The van der Waals surface area contributed by atoms with Gasteiger partial charge in [-0.3, -0.25) is 0 Å². The summed E-state index contributed by atoms with van der Waals surface area (Å²) in [4.78, 5) is 37.4. The average Bonchev–Trinajstić information content (AvgIpc) is 2.32. The number of H-pyrrole nitrogens is 1. The van der Waals surface area contributed by atoms with Gasteiger partial charge in [0.1, 0.15) is 5.78 Å². The maximum absolute atomic E-state index is 9.44. The highest BCUT2D eigenvalue weighted by Gasteiger charge is 2.00. The van der Waals surface area contributed by atoms with Crippen LogP contribution in [0.2, 0.25) is 0 Å². The molecule has 1 aromatic rings. The molecule has 0 atom stereocenters. The molecule has 82 valence electrons. The van der Waals surface area contributed by atoms with Gasteiger partial charge in [0.05, 0.1) is 6.33 Å². The van der Waals surface area contributed by atoms with E-state index in [4.69, 9.17) is 19.2 Å². The van der Waals surface area contributed by atoms with Crippen LogP contribution in [0.3, 0.4) is 0 Å². The molecule has 14 heavy (non-hydrogen) atoms. The predicted molar refractivity (Wildman–Crippen MR) is 49.2 cm³/mol. The van der Waals surface area contributed by atoms with E-state index in [1.165, 1.54) is 13.8 Å². The summed E-state index contributed by atoms with van der Waals surface area (Å²) in [6.07, 6.45) is 5.08. The first kappa shape index (κ1) is 15.5. The van der Waals surface area contributed by atoms with Crippen molar-refractivity contribution < 1.29 is 24.0 Å². The highest BCUT2D eigenvalue weighted by Crippen LogP contribution is 2.25. The fourth-order valence-corrected chi connectivity index (χ4v) is 0.215. The van der Waals surface area contributed by atoms with Crippen LogP contribution in [-0.2, 0) is 9.36 Å². The Morgan fingerprint density at radius 1 is 1.36 bits per heavy atom. The summed E-state index contributed by atoms with van der Waals surface area (Å²) in [5, 5.41) is 0. The number of imidazole rings is 1. The van der Waals surface area contributed by atoms with E-state index in [9.17, 15) is 4.79 Å². The van der Waals surface area contributed by atoms with Crippen molar-refractivity contribution in [2.75, 3.05) is 0 Å². The van der Waals surface area contributed by atoms with Gasteiger partial charge in [0, 0.05) is 12.4 Å². The quantitative estimate of drug-likeness (QED) is 0.462. The Kier molecular flexibility index (Phi) is 9.48. The van der Waals surface area contributed by atoms with Gasteiger partial charge >= 0.3 is 7.82 Å². The fraction of sp³-hybridized carbons (Fsp3) is 0.333. The van der Waals surface area contributed by atoms with E-state index in [0.717, 1.165) is 0 Å². The Morgan fingerprint density at radius 3 is 1.79 bits per heavy atom. The van der Waals surface area contributed by atoms with Gasteiger partial charge in [-0.2, -0.15) is 0 Å². The van der Waals surface area contributed by atoms with Crippen LogP contribution in [0.5, 0.6) is 0 Å². The molecule has 0 aliphatic heterocycles. The van der Waals surface area contributed by atoms with Crippen molar-refractivity contribution >= 4 is 13.6 Å². The first-order valence-corrected chi connectivity index (χ1v) is 4.98. The van der Waals surface area contributed by atoms with Gasteiger partial charge in [0.15, 0.2) is 0 Å². The molecule has 0 spiro atoms. The van der Waals surface area contributed by atoms with Crippen molar-refractivity contribution in [3.63, 3.8) is 0 Å². The molecule has 0 saturated carbocycles. The molecular weight excluding hydrogens is 211 g/mol. The number of nitrogens with one attached hydrogen (secondary N) is 1. The number of hydrogen-bond acceptors (Lipinski definition) is 3. The number of aromatic amines is 1. The van der Waals surface area contributed by atoms with Gasteiger partial charge in [-0.1, -0.05) is 0 Å². The molecule has 1 aromatic heterocycles. The van der Waals surface area contributed by atoms with Crippen LogP contribution in [0.25, 0.3) is 0 Å². The van der Waals surface area contributed by atoms with Crippen LogP contribution in [0.1, 0.15) is 13.8 Å². The van der Waals surface area contributed by atoms with Gasteiger partial charge < -0.3 is 24.5 Å². The van der Waals surface area contributed by atoms with Crippen LogP contribution < -0.4 is 0 Å². The van der Waals surface area contributed by atoms with E-state index in [2.05, 4.69) is 9.97 Å². The molecule has 4 N–H and O–H groups in total. The zero-order chi connectivity index (χ0) is 11.6. The molecule has 0 amide bonds. The Hall–Kier alpha value is -1.01. The summed E-state index contributed by atoms with van der Waals surface area (Å²) in [6, 6.07) is 0. The van der Waals surface area contributed by atoms with Gasteiger partial charge in [0.25, 0.3) is 0 Å². The third-order valence-electron chi connectivity index (χ3n) is 0.406. The molecular formula is C6H13N2O5P. The zero-order valence-corrected chi connectivity index (χ0v) is 8.68. The van der Waals surface area contributed by atoms with Crippen molar-refractivity contribution in [2.24, 2.45) is 0 Å². The minimum atomic E-state index is -4.64. The highest BCUT2D eigenvalue weighted by molar-refractivity contribution is 7.45. The summed E-state index contributed by atoms with van der Waals surface area (Å²) in [7, 11) is -4.64. The lowest BCUT2D eigenvalue weighted by Crippen LogP contribution is -1.69. The van der Waals surface area contributed by atoms with E-state index in [-0.39, 0.29) is 5.78 Å². The SMILES string of the molecule is CC(C)=O.O=P(O)(O)O.c1c[nH]cn1. The third kappa shape index (κ3) is 68.9. The predicted octanol–water partition coefficient (Wildman–Crippen LogP) is 0.0764. The number of Topliss-reactive ketones (excluding diaryl/α,β-unsaturated/α-hetero) is 1. The maximum atomic E-state index is 9.44. The molecule has 0 bridgehead atoms. The van der Waals surface area contributed by atoms with Gasteiger partial charge in [0.2, 0.25) is 0 Å². The summed E-state index contributed by atoms with van der Waals surface area (Å²) in [6.45, 7) is 3.06. The largest absolute Gasteiger partial charge is 0.466 e. The van der Waals surface area contributed by atoms with E-state index in [1.54, 1.807) is 18.7 Å². The Balaban J connectivity index is 0. The number of ketones is 1. The number of carbonyl (C=O) groups excluding carboxylic acids is 1. The highest BCUT2D eigenvalue weighted by atomic mass is 31.2. The molecule has 0 unspecified atom stereocenters. The smallest absolute Gasteiger partial charge is 0.351 e. The van der Waals surface area contributed by atoms with Crippen LogP contribution in [-0.4, -0.2) is 30.4 Å². The number of aromatic nitrogens is 2.